The average Bonchev–Trinajstić information content (AvgIpc) is 3.39. The van der Waals surface area contributed by atoms with Gasteiger partial charge in [-0.1, -0.05) is 25.0 Å². The van der Waals surface area contributed by atoms with Crippen molar-refractivity contribution < 1.29 is 4.74 Å². The number of hydrogen-bond acceptors (Lipinski definition) is 4. The van der Waals surface area contributed by atoms with Crippen LogP contribution in [0, 0.1) is 5.41 Å². The van der Waals surface area contributed by atoms with Crippen molar-refractivity contribution >= 4 is 22.1 Å². The van der Waals surface area contributed by atoms with Crippen molar-refractivity contribution in [2.45, 2.75) is 38.5 Å². The van der Waals surface area contributed by atoms with Gasteiger partial charge in [0.1, 0.15) is 11.6 Å². The molecule has 1 spiro atoms. The summed E-state index contributed by atoms with van der Waals surface area (Å²) in [5, 5.41) is 2.19. The highest BCUT2D eigenvalue weighted by atomic mass is 32.1. The fourth-order valence-electron chi connectivity index (χ4n) is 4.75. The SMILES string of the molecule is COc1cccc(-c2csc3nc(N4CCC5(CCCC5)CC4)cn23)c1. The largest absolute Gasteiger partial charge is 0.497 e. The lowest BCUT2D eigenvalue weighted by atomic mass is 9.77. The van der Waals surface area contributed by atoms with Gasteiger partial charge in [0, 0.05) is 24.0 Å². The van der Waals surface area contributed by atoms with Crippen molar-refractivity contribution in [3.8, 4) is 17.0 Å². The zero-order valence-electron chi connectivity index (χ0n) is 15.3. The van der Waals surface area contributed by atoms with E-state index >= 15 is 0 Å². The normalized spacial score (nSPS) is 19.5. The van der Waals surface area contributed by atoms with Gasteiger partial charge in [-0.05, 0) is 43.2 Å². The second-order valence-electron chi connectivity index (χ2n) is 7.80. The topological polar surface area (TPSA) is 29.8 Å². The Morgan fingerprint density at radius 1 is 1.12 bits per heavy atom. The summed E-state index contributed by atoms with van der Waals surface area (Å²) < 4.78 is 7.61. The van der Waals surface area contributed by atoms with Gasteiger partial charge in [0.15, 0.2) is 4.96 Å². The van der Waals surface area contributed by atoms with Crippen LogP contribution >= 0.6 is 11.3 Å². The quantitative estimate of drug-likeness (QED) is 0.635. The molecule has 0 N–H and O–H groups in total. The lowest BCUT2D eigenvalue weighted by Gasteiger charge is -2.39. The molecule has 1 saturated heterocycles. The van der Waals surface area contributed by atoms with Crippen molar-refractivity contribution in [3.05, 3.63) is 35.8 Å². The van der Waals surface area contributed by atoms with E-state index in [9.17, 15) is 0 Å². The molecule has 1 aliphatic carbocycles. The Bertz CT molecular complexity index is 912. The number of anilines is 1. The van der Waals surface area contributed by atoms with E-state index in [-0.39, 0.29) is 0 Å². The minimum Gasteiger partial charge on any atom is -0.497 e. The van der Waals surface area contributed by atoms with Gasteiger partial charge in [-0.15, -0.1) is 11.3 Å². The van der Waals surface area contributed by atoms with Gasteiger partial charge in [0.25, 0.3) is 0 Å². The second-order valence-corrected chi connectivity index (χ2v) is 8.64. The lowest BCUT2D eigenvalue weighted by Crippen LogP contribution is -2.39. The number of thiazole rings is 1. The van der Waals surface area contributed by atoms with Crippen molar-refractivity contribution in [2.24, 2.45) is 5.41 Å². The Morgan fingerprint density at radius 3 is 2.69 bits per heavy atom. The van der Waals surface area contributed by atoms with Crippen LogP contribution in [0.3, 0.4) is 0 Å². The van der Waals surface area contributed by atoms with Gasteiger partial charge in [-0.25, -0.2) is 4.98 Å². The molecule has 0 amide bonds. The number of benzene rings is 1. The summed E-state index contributed by atoms with van der Waals surface area (Å²) in [7, 11) is 1.71. The van der Waals surface area contributed by atoms with Crippen LogP contribution in [0.2, 0.25) is 0 Å². The number of aromatic nitrogens is 2. The standard InChI is InChI=1S/C21H25N3OS/c1-25-17-6-4-5-16(13-17)18-15-26-20-22-19(14-24(18)20)23-11-9-21(10-12-23)7-2-3-8-21/h4-6,13-15H,2-3,7-12H2,1H3. The highest BCUT2D eigenvalue weighted by Crippen LogP contribution is 2.46. The van der Waals surface area contributed by atoms with E-state index in [0.29, 0.717) is 5.41 Å². The fourth-order valence-corrected chi connectivity index (χ4v) is 5.63. The van der Waals surface area contributed by atoms with Gasteiger partial charge in [0.05, 0.1) is 19.0 Å². The molecular weight excluding hydrogens is 342 g/mol. The summed E-state index contributed by atoms with van der Waals surface area (Å²) in [5.41, 5.74) is 3.01. The number of hydrogen-bond donors (Lipinski definition) is 0. The molecule has 5 rings (SSSR count). The molecule has 0 bridgehead atoms. The first-order valence-corrected chi connectivity index (χ1v) is 10.5. The third-order valence-electron chi connectivity index (χ3n) is 6.37. The summed E-state index contributed by atoms with van der Waals surface area (Å²) >= 11 is 1.71. The molecule has 0 radical (unpaired) electrons. The number of nitrogens with zero attached hydrogens (tertiary/aromatic N) is 3. The van der Waals surface area contributed by atoms with Crippen LogP contribution in [0.1, 0.15) is 38.5 Å². The van der Waals surface area contributed by atoms with Crippen molar-refractivity contribution in [1.29, 1.82) is 0 Å². The lowest BCUT2D eigenvalue weighted by molar-refractivity contribution is 0.226. The monoisotopic (exact) mass is 367 g/mol. The zero-order chi connectivity index (χ0) is 17.6. The zero-order valence-corrected chi connectivity index (χ0v) is 16.1. The third-order valence-corrected chi connectivity index (χ3v) is 7.21. The highest BCUT2D eigenvalue weighted by Gasteiger charge is 2.37. The molecule has 26 heavy (non-hydrogen) atoms. The summed E-state index contributed by atoms with van der Waals surface area (Å²) in [4.78, 5) is 8.47. The first-order chi connectivity index (χ1) is 12.8. The summed E-state index contributed by atoms with van der Waals surface area (Å²) in [6.45, 7) is 2.30. The van der Waals surface area contributed by atoms with E-state index < -0.39 is 0 Å². The van der Waals surface area contributed by atoms with Crippen molar-refractivity contribution in [1.82, 2.24) is 9.38 Å². The minimum atomic E-state index is 0.652. The minimum absolute atomic E-state index is 0.652. The predicted molar refractivity (Wildman–Crippen MR) is 107 cm³/mol. The molecule has 1 aliphatic heterocycles. The molecular formula is C21H25N3OS. The molecule has 2 fully saturated rings. The number of piperidine rings is 1. The maximum Gasteiger partial charge on any atom is 0.196 e. The number of imidazole rings is 1. The van der Waals surface area contributed by atoms with E-state index in [2.05, 4.69) is 33.0 Å². The molecule has 2 aromatic heterocycles. The molecule has 136 valence electrons. The van der Waals surface area contributed by atoms with Crippen LogP contribution in [0.15, 0.2) is 35.8 Å². The third kappa shape index (κ3) is 2.69. The first kappa shape index (κ1) is 16.2. The van der Waals surface area contributed by atoms with E-state index in [0.717, 1.165) is 29.6 Å². The predicted octanol–water partition coefficient (Wildman–Crippen LogP) is 5.23. The molecule has 3 aromatic rings. The number of methoxy groups -OCH3 is 1. The van der Waals surface area contributed by atoms with Crippen LogP contribution in [0.25, 0.3) is 16.2 Å². The van der Waals surface area contributed by atoms with Crippen LogP contribution in [-0.4, -0.2) is 29.6 Å². The molecule has 5 heteroatoms. The molecule has 1 aromatic carbocycles. The van der Waals surface area contributed by atoms with E-state index in [4.69, 9.17) is 9.72 Å². The summed E-state index contributed by atoms with van der Waals surface area (Å²) in [5.74, 6) is 2.02. The van der Waals surface area contributed by atoms with Crippen LogP contribution in [0.4, 0.5) is 5.82 Å². The Morgan fingerprint density at radius 2 is 1.92 bits per heavy atom. The van der Waals surface area contributed by atoms with Gasteiger partial charge in [-0.3, -0.25) is 4.40 Å². The van der Waals surface area contributed by atoms with Gasteiger partial charge >= 0.3 is 0 Å². The Balaban J connectivity index is 1.41. The average molecular weight is 368 g/mol. The Kier molecular flexibility index (Phi) is 3.92. The van der Waals surface area contributed by atoms with E-state index in [1.807, 2.05) is 12.1 Å². The maximum atomic E-state index is 5.38. The van der Waals surface area contributed by atoms with E-state index in [1.54, 1.807) is 18.4 Å². The highest BCUT2D eigenvalue weighted by molar-refractivity contribution is 7.15. The van der Waals surface area contributed by atoms with E-state index in [1.165, 1.54) is 49.8 Å². The Hall–Kier alpha value is -2.01. The van der Waals surface area contributed by atoms with Gasteiger partial charge < -0.3 is 9.64 Å². The van der Waals surface area contributed by atoms with Crippen LogP contribution < -0.4 is 9.64 Å². The van der Waals surface area contributed by atoms with Crippen molar-refractivity contribution in [2.75, 3.05) is 25.1 Å². The van der Waals surface area contributed by atoms with Crippen LogP contribution in [0.5, 0.6) is 5.75 Å². The second kappa shape index (κ2) is 6.31. The number of rotatable bonds is 3. The molecule has 0 unspecified atom stereocenters. The Labute approximate surface area is 158 Å². The van der Waals surface area contributed by atoms with Crippen molar-refractivity contribution in [3.63, 3.8) is 0 Å². The number of fused-ring (bicyclic) bond motifs is 1. The first-order valence-electron chi connectivity index (χ1n) is 9.62. The van der Waals surface area contributed by atoms with Gasteiger partial charge in [-0.2, -0.15) is 0 Å². The van der Waals surface area contributed by atoms with Gasteiger partial charge in [0.2, 0.25) is 0 Å². The molecule has 1 saturated carbocycles. The molecule has 0 atom stereocenters. The maximum absolute atomic E-state index is 5.38. The fraction of sp³-hybridized carbons (Fsp3) is 0.476. The summed E-state index contributed by atoms with van der Waals surface area (Å²) in [6.07, 6.45) is 10.6. The summed E-state index contributed by atoms with van der Waals surface area (Å²) in [6, 6.07) is 8.25. The molecule has 4 nitrogen and oxygen atoms in total. The van der Waals surface area contributed by atoms with Crippen LogP contribution in [-0.2, 0) is 0 Å². The smallest absolute Gasteiger partial charge is 0.196 e. The molecule has 3 heterocycles. The number of ether oxygens (including phenoxy) is 1. The molecule has 2 aliphatic rings.